The second-order valence-electron chi connectivity index (χ2n) is 6.98. The SMILES string of the molecule is CC(=O)SC[C@@H](C)C(=O)N1CCC[C@@H]1C(=O)N[C@@H](Cc1ccccc1)C(=O)O. The number of carboxylic acids is 1. The van der Waals surface area contributed by atoms with Crippen LogP contribution in [0.3, 0.4) is 0 Å². The Kier molecular flexibility index (Phi) is 8.04. The minimum Gasteiger partial charge on any atom is -0.480 e. The van der Waals surface area contributed by atoms with Crippen LogP contribution in [0.4, 0.5) is 0 Å². The second-order valence-corrected chi connectivity index (χ2v) is 8.18. The van der Waals surface area contributed by atoms with Crippen molar-refractivity contribution in [3.8, 4) is 0 Å². The summed E-state index contributed by atoms with van der Waals surface area (Å²) < 4.78 is 0. The summed E-state index contributed by atoms with van der Waals surface area (Å²) in [7, 11) is 0. The molecule has 1 fully saturated rings. The molecule has 0 radical (unpaired) electrons. The van der Waals surface area contributed by atoms with Gasteiger partial charge in [-0.3, -0.25) is 14.4 Å². The van der Waals surface area contributed by atoms with E-state index in [1.807, 2.05) is 30.3 Å². The van der Waals surface area contributed by atoms with Gasteiger partial charge in [0.2, 0.25) is 11.8 Å². The fourth-order valence-electron chi connectivity index (χ4n) is 3.22. The minimum atomic E-state index is -1.11. The van der Waals surface area contributed by atoms with Gasteiger partial charge in [0.15, 0.2) is 5.12 Å². The molecule has 0 unspecified atom stereocenters. The van der Waals surface area contributed by atoms with Crippen LogP contribution in [0, 0.1) is 5.92 Å². The fraction of sp³-hybridized carbons (Fsp3) is 0.500. The largest absolute Gasteiger partial charge is 0.480 e. The normalized spacial score (nSPS) is 18.4. The van der Waals surface area contributed by atoms with E-state index in [9.17, 15) is 24.3 Å². The Bertz CT molecular complexity index is 725. The quantitative estimate of drug-likeness (QED) is 0.681. The first-order valence-electron chi connectivity index (χ1n) is 9.30. The number of aliphatic carboxylic acids is 1. The second kappa shape index (κ2) is 10.3. The molecule has 1 aliphatic rings. The molecule has 2 N–H and O–H groups in total. The zero-order valence-electron chi connectivity index (χ0n) is 16.1. The van der Waals surface area contributed by atoms with E-state index in [4.69, 9.17) is 0 Å². The summed E-state index contributed by atoms with van der Waals surface area (Å²) >= 11 is 1.09. The van der Waals surface area contributed by atoms with Gasteiger partial charge in [0.1, 0.15) is 12.1 Å². The van der Waals surface area contributed by atoms with E-state index >= 15 is 0 Å². The first-order valence-corrected chi connectivity index (χ1v) is 10.3. The van der Waals surface area contributed by atoms with Crippen molar-refractivity contribution in [3.63, 3.8) is 0 Å². The van der Waals surface area contributed by atoms with Gasteiger partial charge < -0.3 is 15.3 Å². The molecule has 0 aliphatic carbocycles. The van der Waals surface area contributed by atoms with Gasteiger partial charge in [0.25, 0.3) is 0 Å². The maximum atomic E-state index is 12.7. The van der Waals surface area contributed by atoms with Crippen LogP contribution in [0.15, 0.2) is 30.3 Å². The molecule has 0 bridgehead atoms. The van der Waals surface area contributed by atoms with E-state index in [0.717, 1.165) is 17.3 Å². The third-order valence-corrected chi connectivity index (χ3v) is 5.77. The first-order chi connectivity index (χ1) is 13.3. The van der Waals surface area contributed by atoms with E-state index in [1.165, 1.54) is 11.8 Å². The van der Waals surface area contributed by atoms with Gasteiger partial charge in [-0.2, -0.15) is 0 Å². The fourth-order valence-corrected chi connectivity index (χ4v) is 3.84. The Morgan fingerprint density at radius 1 is 1.25 bits per heavy atom. The van der Waals surface area contributed by atoms with Crippen molar-refractivity contribution in [3.05, 3.63) is 35.9 Å². The molecular formula is C20H26N2O5S. The molecule has 7 nitrogen and oxygen atoms in total. The lowest BCUT2D eigenvalue weighted by Crippen LogP contribution is -2.52. The molecule has 0 saturated carbocycles. The maximum Gasteiger partial charge on any atom is 0.326 e. The smallest absolute Gasteiger partial charge is 0.326 e. The lowest BCUT2D eigenvalue weighted by atomic mass is 10.1. The summed E-state index contributed by atoms with van der Waals surface area (Å²) in [5.74, 6) is -1.76. The van der Waals surface area contributed by atoms with Gasteiger partial charge in [-0.15, -0.1) is 0 Å². The third-order valence-electron chi connectivity index (χ3n) is 4.69. The van der Waals surface area contributed by atoms with Gasteiger partial charge in [-0.25, -0.2) is 4.79 Å². The van der Waals surface area contributed by atoms with Gasteiger partial charge in [0.05, 0.1) is 0 Å². The number of carbonyl (C=O) groups is 4. The molecule has 2 rings (SSSR count). The number of hydrogen-bond acceptors (Lipinski definition) is 5. The summed E-state index contributed by atoms with van der Waals surface area (Å²) in [6.07, 6.45) is 1.36. The van der Waals surface area contributed by atoms with Gasteiger partial charge in [-0.05, 0) is 18.4 Å². The standard InChI is InChI=1S/C20H26N2O5S/c1-13(12-28-14(2)23)19(25)22-10-6-9-17(22)18(24)21-16(20(26)27)11-15-7-4-3-5-8-15/h3-5,7-8,13,16-17H,6,9-12H2,1-2H3,(H,21,24)(H,26,27)/t13-,16+,17-/m1/s1. The highest BCUT2D eigenvalue weighted by Crippen LogP contribution is 2.22. The lowest BCUT2D eigenvalue weighted by Gasteiger charge is -2.27. The molecule has 1 heterocycles. The first kappa shape index (κ1) is 21.9. The average Bonchev–Trinajstić information content (AvgIpc) is 3.15. The van der Waals surface area contributed by atoms with E-state index in [2.05, 4.69) is 5.32 Å². The topological polar surface area (TPSA) is 104 Å². The summed E-state index contributed by atoms with van der Waals surface area (Å²) in [5.41, 5.74) is 0.810. The van der Waals surface area contributed by atoms with Crippen molar-refractivity contribution in [1.82, 2.24) is 10.2 Å². The van der Waals surface area contributed by atoms with Gasteiger partial charge in [-0.1, -0.05) is 49.0 Å². The molecule has 1 saturated heterocycles. The molecule has 152 valence electrons. The average molecular weight is 407 g/mol. The van der Waals surface area contributed by atoms with Crippen molar-refractivity contribution in [2.45, 2.75) is 45.2 Å². The molecule has 1 aromatic rings. The highest BCUT2D eigenvalue weighted by atomic mass is 32.2. The van der Waals surface area contributed by atoms with Crippen molar-refractivity contribution < 1.29 is 24.3 Å². The lowest BCUT2D eigenvalue weighted by molar-refractivity contribution is -0.144. The number of nitrogens with one attached hydrogen (secondary N) is 1. The number of hydrogen-bond donors (Lipinski definition) is 2. The highest BCUT2D eigenvalue weighted by molar-refractivity contribution is 8.13. The van der Waals surface area contributed by atoms with Crippen LogP contribution in [0.1, 0.15) is 32.3 Å². The van der Waals surface area contributed by atoms with Crippen LogP contribution in [0.2, 0.25) is 0 Å². The van der Waals surface area contributed by atoms with E-state index in [0.29, 0.717) is 25.1 Å². The van der Waals surface area contributed by atoms with E-state index in [1.54, 1.807) is 6.92 Å². The number of carboxylic acid groups (broad SMARTS) is 1. The maximum absolute atomic E-state index is 12.7. The Morgan fingerprint density at radius 3 is 2.54 bits per heavy atom. The van der Waals surface area contributed by atoms with Crippen LogP contribution in [0.5, 0.6) is 0 Å². The van der Waals surface area contributed by atoms with E-state index < -0.39 is 24.0 Å². The van der Waals surface area contributed by atoms with Gasteiger partial charge in [0, 0.05) is 31.6 Å². The van der Waals surface area contributed by atoms with Crippen molar-refractivity contribution in [1.29, 1.82) is 0 Å². The minimum absolute atomic E-state index is 0.0550. The molecular weight excluding hydrogens is 380 g/mol. The molecule has 0 aromatic heterocycles. The molecule has 3 atom stereocenters. The highest BCUT2D eigenvalue weighted by Gasteiger charge is 2.37. The summed E-state index contributed by atoms with van der Waals surface area (Å²) in [6.45, 7) is 3.65. The number of amides is 2. The van der Waals surface area contributed by atoms with Crippen molar-refractivity contribution >= 4 is 34.7 Å². The summed E-state index contributed by atoms with van der Waals surface area (Å²) in [4.78, 5) is 49.6. The van der Waals surface area contributed by atoms with Crippen molar-refractivity contribution in [2.24, 2.45) is 5.92 Å². The van der Waals surface area contributed by atoms with Crippen LogP contribution in [0.25, 0.3) is 0 Å². The van der Waals surface area contributed by atoms with Crippen LogP contribution < -0.4 is 5.32 Å². The zero-order chi connectivity index (χ0) is 20.7. The zero-order valence-corrected chi connectivity index (χ0v) is 16.9. The van der Waals surface area contributed by atoms with Gasteiger partial charge >= 0.3 is 5.97 Å². The molecule has 1 aliphatic heterocycles. The van der Waals surface area contributed by atoms with Crippen molar-refractivity contribution in [2.75, 3.05) is 12.3 Å². The summed E-state index contributed by atoms with van der Waals surface area (Å²) in [5, 5.41) is 12.0. The third kappa shape index (κ3) is 6.09. The number of carbonyl (C=O) groups excluding carboxylic acids is 3. The molecule has 2 amide bonds. The van der Waals surface area contributed by atoms with E-state index in [-0.39, 0.29) is 23.4 Å². The Labute approximate surface area is 168 Å². The molecule has 28 heavy (non-hydrogen) atoms. The Balaban J connectivity index is 2.01. The Morgan fingerprint density at radius 2 is 1.93 bits per heavy atom. The molecule has 8 heteroatoms. The molecule has 0 spiro atoms. The number of likely N-dealkylation sites (tertiary alicyclic amines) is 1. The van der Waals surface area contributed by atoms with Crippen LogP contribution in [-0.4, -0.2) is 57.3 Å². The molecule has 1 aromatic carbocycles. The number of benzene rings is 1. The number of thioether (sulfide) groups is 1. The predicted octanol–water partition coefficient (Wildman–Crippen LogP) is 1.71. The van der Waals surface area contributed by atoms with Crippen LogP contribution >= 0.6 is 11.8 Å². The predicted molar refractivity (Wildman–Crippen MR) is 107 cm³/mol. The number of nitrogens with zero attached hydrogens (tertiary/aromatic N) is 1. The van der Waals surface area contributed by atoms with Crippen LogP contribution in [-0.2, 0) is 25.6 Å². The number of rotatable bonds is 8. The monoisotopic (exact) mass is 406 g/mol. The summed E-state index contributed by atoms with van der Waals surface area (Å²) in [6, 6.07) is 7.35. The Hall–Kier alpha value is -2.35.